The molecule has 6 N–H and O–H groups in total. The van der Waals surface area contributed by atoms with E-state index in [1.807, 2.05) is 0 Å². The Morgan fingerprint density at radius 2 is 2.11 bits per heavy atom. The summed E-state index contributed by atoms with van der Waals surface area (Å²) in [6.45, 7) is 0. The second kappa shape index (κ2) is 7.13. The number of rotatable bonds is 3. The number of aliphatic hydroxyl groups excluding tert-OH is 3. The molecule has 5 atom stereocenters. The Labute approximate surface area is 162 Å². The smallest absolute Gasteiger partial charge is 0.202 e. The zero-order valence-corrected chi connectivity index (χ0v) is 15.2. The molecule has 1 fully saturated rings. The van der Waals surface area contributed by atoms with E-state index < -0.39 is 36.1 Å². The first-order valence-corrected chi connectivity index (χ1v) is 8.93. The van der Waals surface area contributed by atoms with Gasteiger partial charge in [0, 0.05) is 5.92 Å². The van der Waals surface area contributed by atoms with Crippen molar-refractivity contribution >= 4 is 22.8 Å². The number of halogens is 2. The molecule has 0 bridgehead atoms. The Balaban J connectivity index is 1.67. The van der Waals surface area contributed by atoms with E-state index in [-0.39, 0.29) is 22.5 Å². The molecule has 1 aliphatic rings. The molecule has 9 nitrogen and oxygen atoms in total. The van der Waals surface area contributed by atoms with Gasteiger partial charge in [-0.25, -0.2) is 14.4 Å². The van der Waals surface area contributed by atoms with Gasteiger partial charge in [0.2, 0.25) is 5.49 Å². The number of nitrogens with zero attached hydrogens (tertiary/aromatic N) is 4. The average molecular weight is 409 g/mol. The summed E-state index contributed by atoms with van der Waals surface area (Å²) < 4.78 is 15.4. The Bertz CT molecular complexity index is 1090. The molecule has 2 aromatic heterocycles. The number of H-pyrrole nitrogens is 1. The van der Waals surface area contributed by atoms with Gasteiger partial charge in [-0.3, -0.25) is 0 Å². The predicted octanol–water partition coefficient (Wildman–Crippen LogP) is 0.343. The lowest BCUT2D eigenvalue weighted by atomic mass is 9.92. The lowest BCUT2D eigenvalue weighted by Gasteiger charge is -2.22. The molecule has 3 aromatic rings. The molecule has 11 heteroatoms. The van der Waals surface area contributed by atoms with Crippen molar-refractivity contribution < 1.29 is 19.7 Å². The number of nitrogens with one attached hydrogen (secondary N) is 1. The summed E-state index contributed by atoms with van der Waals surface area (Å²) in [5.74, 6) is 3.93. The van der Waals surface area contributed by atoms with Gasteiger partial charge in [-0.2, -0.15) is 5.10 Å². The van der Waals surface area contributed by atoms with Gasteiger partial charge in [-0.1, -0.05) is 17.7 Å². The lowest BCUT2D eigenvalue weighted by molar-refractivity contribution is -0.0265. The third kappa shape index (κ3) is 2.94. The summed E-state index contributed by atoms with van der Waals surface area (Å²) in [5, 5.41) is 35.3. The fourth-order valence-electron chi connectivity index (χ4n) is 3.81. The molecule has 0 spiro atoms. The normalized spacial score (nSPS) is 26.8. The van der Waals surface area contributed by atoms with E-state index in [0.717, 1.165) is 6.07 Å². The van der Waals surface area contributed by atoms with Crippen LogP contribution in [0.3, 0.4) is 0 Å². The monoisotopic (exact) mass is 408 g/mol. The van der Waals surface area contributed by atoms with Gasteiger partial charge in [-0.05, 0) is 24.1 Å². The van der Waals surface area contributed by atoms with E-state index >= 15 is 0 Å². The third-order valence-corrected chi connectivity index (χ3v) is 5.57. The van der Waals surface area contributed by atoms with Gasteiger partial charge in [0.15, 0.2) is 5.52 Å². The number of aromatic amines is 1. The first-order valence-electron chi connectivity index (χ1n) is 8.55. The summed E-state index contributed by atoms with van der Waals surface area (Å²) in [6, 6.07) is 3.37. The zero-order chi connectivity index (χ0) is 20.0. The molecule has 0 saturated heterocycles. The van der Waals surface area contributed by atoms with Crippen LogP contribution in [-0.2, 0) is 0 Å². The van der Waals surface area contributed by atoms with Crippen LogP contribution < -0.4 is 11.3 Å². The van der Waals surface area contributed by atoms with Crippen LogP contribution in [0, 0.1) is 11.7 Å². The summed E-state index contributed by atoms with van der Waals surface area (Å²) >= 11 is 5.69. The minimum atomic E-state index is -1.23. The van der Waals surface area contributed by atoms with E-state index in [4.69, 9.17) is 17.4 Å². The average Bonchev–Trinajstić information content (AvgIpc) is 3.25. The van der Waals surface area contributed by atoms with Crippen molar-refractivity contribution in [3.63, 3.8) is 0 Å². The van der Waals surface area contributed by atoms with Crippen molar-refractivity contribution in [2.75, 3.05) is 0 Å². The number of benzene rings is 1. The maximum Gasteiger partial charge on any atom is 0.202 e. The Hall–Kier alpha value is -2.53. The number of aliphatic hydroxyl groups is 3. The topological polar surface area (TPSA) is 146 Å². The Kier molecular flexibility index (Phi) is 4.79. The second-order valence-corrected chi connectivity index (χ2v) is 7.18. The molecule has 28 heavy (non-hydrogen) atoms. The van der Waals surface area contributed by atoms with E-state index in [1.165, 1.54) is 24.8 Å². The number of aromatic nitrogens is 4. The Morgan fingerprint density at radius 1 is 1.32 bits per heavy atom. The molecular formula is C17H18ClFN6O3. The predicted molar refractivity (Wildman–Crippen MR) is 97.2 cm³/mol. The Morgan fingerprint density at radius 3 is 2.82 bits per heavy atom. The fraction of sp³-hybridized carbons (Fsp3) is 0.353. The summed E-state index contributed by atoms with van der Waals surface area (Å²) in [5.41, 5.74) is 1.43. The summed E-state index contributed by atoms with van der Waals surface area (Å²) in [6.07, 6.45) is -0.478. The molecule has 1 saturated carbocycles. The highest BCUT2D eigenvalue weighted by molar-refractivity contribution is 6.30. The summed E-state index contributed by atoms with van der Waals surface area (Å²) in [4.78, 5) is 11.1. The molecule has 1 aliphatic carbocycles. The fourth-order valence-corrected chi connectivity index (χ4v) is 3.92. The summed E-state index contributed by atoms with van der Waals surface area (Å²) in [7, 11) is 0. The number of hydrogen-bond donors (Lipinski definition) is 5. The molecule has 2 heterocycles. The SMILES string of the molecule is N/N=c1/nc[nH]c2c1ncn2[C@@H]1C[C@H](C(O)c2ccc(Cl)c(F)c2)[C@@H](O)[C@H]1O. The minimum absolute atomic E-state index is 0.0593. The molecule has 4 rings (SSSR count). The molecule has 0 radical (unpaired) electrons. The number of nitrogens with two attached hydrogens (primary N) is 1. The molecule has 0 aliphatic heterocycles. The molecule has 1 unspecified atom stereocenters. The van der Waals surface area contributed by atoms with E-state index in [1.54, 1.807) is 4.57 Å². The maximum atomic E-state index is 13.7. The van der Waals surface area contributed by atoms with Crippen LogP contribution in [0.4, 0.5) is 4.39 Å². The van der Waals surface area contributed by atoms with Gasteiger partial charge < -0.3 is 30.7 Å². The van der Waals surface area contributed by atoms with Gasteiger partial charge >= 0.3 is 0 Å². The second-order valence-electron chi connectivity index (χ2n) is 6.77. The molecule has 0 amide bonds. The number of fused-ring (bicyclic) bond motifs is 1. The van der Waals surface area contributed by atoms with E-state index in [2.05, 4.69) is 20.1 Å². The van der Waals surface area contributed by atoms with Gasteiger partial charge in [0.05, 0.1) is 35.9 Å². The highest BCUT2D eigenvalue weighted by Gasteiger charge is 2.46. The first kappa shape index (κ1) is 18.8. The zero-order valence-electron chi connectivity index (χ0n) is 14.4. The van der Waals surface area contributed by atoms with Crippen LogP contribution in [-0.4, -0.2) is 47.0 Å². The van der Waals surface area contributed by atoms with Crippen LogP contribution in [0.5, 0.6) is 0 Å². The molecule has 148 valence electrons. The van der Waals surface area contributed by atoms with Crippen molar-refractivity contribution in [3.05, 3.63) is 52.7 Å². The van der Waals surface area contributed by atoms with E-state index in [0.29, 0.717) is 11.2 Å². The van der Waals surface area contributed by atoms with Crippen LogP contribution in [0.1, 0.15) is 24.1 Å². The van der Waals surface area contributed by atoms with Crippen LogP contribution in [0.25, 0.3) is 11.2 Å². The van der Waals surface area contributed by atoms with Crippen LogP contribution in [0.2, 0.25) is 5.02 Å². The van der Waals surface area contributed by atoms with Gasteiger partial charge in [0.25, 0.3) is 0 Å². The lowest BCUT2D eigenvalue weighted by Crippen LogP contribution is -2.31. The van der Waals surface area contributed by atoms with Crippen molar-refractivity contribution in [1.29, 1.82) is 0 Å². The molecule has 1 aromatic carbocycles. The third-order valence-electron chi connectivity index (χ3n) is 5.26. The van der Waals surface area contributed by atoms with Crippen molar-refractivity contribution in [2.45, 2.75) is 30.8 Å². The van der Waals surface area contributed by atoms with Gasteiger partial charge in [-0.15, -0.1) is 0 Å². The molecular weight excluding hydrogens is 391 g/mol. The number of hydrogen-bond acceptors (Lipinski definition) is 7. The largest absolute Gasteiger partial charge is 0.390 e. The van der Waals surface area contributed by atoms with Crippen LogP contribution >= 0.6 is 11.6 Å². The maximum absolute atomic E-state index is 13.7. The highest BCUT2D eigenvalue weighted by atomic mass is 35.5. The highest BCUT2D eigenvalue weighted by Crippen LogP contribution is 2.43. The van der Waals surface area contributed by atoms with Gasteiger partial charge in [0.1, 0.15) is 17.6 Å². The van der Waals surface area contributed by atoms with Crippen LogP contribution in [0.15, 0.2) is 36.0 Å². The van der Waals surface area contributed by atoms with Crippen molar-refractivity contribution in [2.24, 2.45) is 16.9 Å². The first-order chi connectivity index (χ1) is 13.4. The van der Waals surface area contributed by atoms with E-state index in [9.17, 15) is 19.7 Å². The standard InChI is InChI=1S/C17H18ClFN6O3/c18-9-2-1-7(3-10(9)19)13(26)8-4-11(15(28)14(8)27)25-6-23-12-16(24-20)21-5-22-17(12)25/h1-3,5-6,8,11,13-15,26-28H,4,20H2,(H,21,22,24)/t8-,11-,13?,14-,15+/m1/s1. The minimum Gasteiger partial charge on any atom is -0.390 e. The van der Waals surface area contributed by atoms with Crippen molar-refractivity contribution in [1.82, 2.24) is 19.5 Å². The van der Waals surface area contributed by atoms with Crippen molar-refractivity contribution in [3.8, 4) is 0 Å². The number of imidazole rings is 1. The quantitative estimate of drug-likeness (QED) is 0.312.